The summed E-state index contributed by atoms with van der Waals surface area (Å²) in [6, 6.07) is 8.80. The first-order chi connectivity index (χ1) is 11.9. The average molecular weight is 382 g/mol. The smallest absolute Gasteiger partial charge is 0.267 e. The number of benzene rings is 1. The zero-order chi connectivity index (χ0) is 18.0. The Labute approximate surface area is 149 Å². The molecule has 1 amide bonds. The Balaban J connectivity index is 1.71. The molecule has 1 aliphatic rings. The lowest BCUT2D eigenvalue weighted by Crippen LogP contribution is -2.37. The van der Waals surface area contributed by atoms with Gasteiger partial charge in [-0.2, -0.15) is 5.10 Å². The lowest BCUT2D eigenvalue weighted by molar-refractivity contribution is -0.131. The summed E-state index contributed by atoms with van der Waals surface area (Å²) in [5, 5.41) is 3.63. The molecule has 0 bridgehead atoms. The van der Waals surface area contributed by atoms with Crippen LogP contribution < -0.4 is 5.56 Å². The highest BCUT2D eigenvalue weighted by Crippen LogP contribution is 2.25. The van der Waals surface area contributed by atoms with Crippen LogP contribution in [0, 0.1) is 0 Å². The van der Waals surface area contributed by atoms with Crippen molar-refractivity contribution in [3.63, 3.8) is 0 Å². The summed E-state index contributed by atoms with van der Waals surface area (Å²) < 4.78 is 26.4. The molecule has 0 saturated carbocycles. The number of rotatable bonds is 4. The lowest BCUT2D eigenvalue weighted by Gasteiger charge is -2.17. The second-order valence-electron chi connectivity index (χ2n) is 5.77. The molecule has 1 atom stereocenters. The van der Waals surface area contributed by atoms with Crippen molar-refractivity contribution in [2.45, 2.75) is 23.1 Å². The van der Waals surface area contributed by atoms with Gasteiger partial charge in [0.05, 0.1) is 10.1 Å². The monoisotopic (exact) mass is 381 g/mol. The van der Waals surface area contributed by atoms with E-state index < -0.39 is 15.1 Å². The van der Waals surface area contributed by atoms with Gasteiger partial charge >= 0.3 is 0 Å². The SMILES string of the molecule is O=C(Cn1ncccc1=O)N1CCC(S(=O)(=O)c2ccc(Cl)cc2)C1. The molecule has 3 rings (SSSR count). The van der Waals surface area contributed by atoms with Gasteiger partial charge in [-0.3, -0.25) is 9.59 Å². The second kappa shape index (κ2) is 6.97. The van der Waals surface area contributed by atoms with Crippen LogP contribution in [0.1, 0.15) is 6.42 Å². The van der Waals surface area contributed by atoms with Crippen molar-refractivity contribution in [3.05, 3.63) is 58.0 Å². The van der Waals surface area contributed by atoms with Crippen LogP contribution in [-0.2, 0) is 21.2 Å². The van der Waals surface area contributed by atoms with Gasteiger partial charge in [-0.15, -0.1) is 0 Å². The first kappa shape index (κ1) is 17.6. The van der Waals surface area contributed by atoms with E-state index in [0.717, 1.165) is 4.68 Å². The Morgan fingerprint density at radius 3 is 2.64 bits per heavy atom. The van der Waals surface area contributed by atoms with E-state index in [9.17, 15) is 18.0 Å². The predicted molar refractivity (Wildman–Crippen MR) is 92.1 cm³/mol. The van der Waals surface area contributed by atoms with Gasteiger partial charge in [-0.1, -0.05) is 11.6 Å². The van der Waals surface area contributed by atoms with E-state index in [1.54, 1.807) is 0 Å². The topological polar surface area (TPSA) is 89.3 Å². The van der Waals surface area contributed by atoms with E-state index in [1.165, 1.54) is 47.5 Å². The fraction of sp³-hybridized carbons (Fsp3) is 0.312. The van der Waals surface area contributed by atoms with Gasteiger partial charge in [-0.05, 0) is 36.8 Å². The molecule has 1 saturated heterocycles. The number of carbonyl (C=O) groups is 1. The van der Waals surface area contributed by atoms with E-state index in [2.05, 4.69) is 5.10 Å². The van der Waals surface area contributed by atoms with Crippen molar-refractivity contribution in [3.8, 4) is 0 Å². The van der Waals surface area contributed by atoms with Crippen LogP contribution in [-0.4, -0.2) is 47.3 Å². The van der Waals surface area contributed by atoms with Crippen LogP contribution in [0.4, 0.5) is 0 Å². The Hall–Kier alpha value is -2.19. The van der Waals surface area contributed by atoms with Crippen LogP contribution in [0.25, 0.3) is 0 Å². The Kier molecular flexibility index (Phi) is 4.91. The van der Waals surface area contributed by atoms with Crippen molar-refractivity contribution in [1.29, 1.82) is 0 Å². The average Bonchev–Trinajstić information content (AvgIpc) is 3.08. The predicted octanol–water partition coefficient (Wildman–Crippen LogP) is 0.972. The lowest BCUT2D eigenvalue weighted by atomic mass is 10.4. The fourth-order valence-electron chi connectivity index (χ4n) is 2.76. The van der Waals surface area contributed by atoms with Crippen molar-refractivity contribution < 1.29 is 13.2 Å². The number of aromatic nitrogens is 2. The first-order valence-corrected chi connectivity index (χ1v) is 9.60. The molecule has 2 aromatic rings. The number of hydrogen-bond donors (Lipinski definition) is 0. The Bertz CT molecular complexity index is 940. The third-order valence-corrected chi connectivity index (χ3v) is 6.59. The molecule has 1 aliphatic heterocycles. The zero-order valence-corrected chi connectivity index (χ0v) is 14.8. The van der Waals surface area contributed by atoms with E-state index in [1.807, 2.05) is 0 Å². The largest absolute Gasteiger partial charge is 0.340 e. The molecule has 0 spiro atoms. The minimum atomic E-state index is -3.54. The van der Waals surface area contributed by atoms with Gasteiger partial charge in [0, 0.05) is 30.4 Å². The van der Waals surface area contributed by atoms with Gasteiger partial charge in [0.25, 0.3) is 5.56 Å². The third-order valence-electron chi connectivity index (χ3n) is 4.15. The van der Waals surface area contributed by atoms with E-state index in [-0.39, 0.29) is 29.5 Å². The van der Waals surface area contributed by atoms with Crippen molar-refractivity contribution in [2.24, 2.45) is 0 Å². The quantitative estimate of drug-likeness (QED) is 0.787. The molecular weight excluding hydrogens is 366 g/mol. The number of nitrogens with zero attached hydrogens (tertiary/aromatic N) is 3. The third kappa shape index (κ3) is 3.74. The summed E-state index contributed by atoms with van der Waals surface area (Å²) >= 11 is 5.79. The highest BCUT2D eigenvalue weighted by Gasteiger charge is 2.36. The molecule has 0 aliphatic carbocycles. The maximum atomic E-state index is 12.7. The van der Waals surface area contributed by atoms with Crippen LogP contribution in [0.5, 0.6) is 0 Å². The number of halogens is 1. The van der Waals surface area contributed by atoms with Crippen LogP contribution >= 0.6 is 11.6 Å². The zero-order valence-electron chi connectivity index (χ0n) is 13.2. The van der Waals surface area contributed by atoms with Crippen molar-refractivity contribution >= 4 is 27.3 Å². The molecule has 0 radical (unpaired) electrons. The molecule has 0 N–H and O–H groups in total. The summed E-state index contributed by atoms with van der Waals surface area (Å²) in [5.41, 5.74) is -0.375. The van der Waals surface area contributed by atoms with Crippen molar-refractivity contribution in [1.82, 2.24) is 14.7 Å². The normalized spacial score (nSPS) is 17.6. The molecule has 132 valence electrons. The number of sulfone groups is 1. The molecule has 2 heterocycles. The van der Waals surface area contributed by atoms with Crippen LogP contribution in [0.2, 0.25) is 5.02 Å². The number of hydrogen-bond acceptors (Lipinski definition) is 5. The molecule has 1 unspecified atom stereocenters. The first-order valence-electron chi connectivity index (χ1n) is 7.67. The molecule has 1 fully saturated rings. The Morgan fingerprint density at radius 1 is 1.24 bits per heavy atom. The number of amides is 1. The maximum Gasteiger partial charge on any atom is 0.267 e. The van der Waals surface area contributed by atoms with Gasteiger partial charge in [-0.25, -0.2) is 13.1 Å². The van der Waals surface area contributed by atoms with Crippen LogP contribution in [0.3, 0.4) is 0 Å². The van der Waals surface area contributed by atoms with Gasteiger partial charge in [0.15, 0.2) is 9.84 Å². The van der Waals surface area contributed by atoms with E-state index >= 15 is 0 Å². The highest BCUT2D eigenvalue weighted by molar-refractivity contribution is 7.92. The van der Waals surface area contributed by atoms with Gasteiger partial charge in [0.1, 0.15) is 6.54 Å². The van der Waals surface area contributed by atoms with E-state index in [4.69, 9.17) is 11.6 Å². The summed E-state index contributed by atoms with van der Waals surface area (Å²) in [7, 11) is -3.54. The molecule has 9 heteroatoms. The summed E-state index contributed by atoms with van der Waals surface area (Å²) in [6.07, 6.45) is 1.78. The van der Waals surface area contributed by atoms with Gasteiger partial charge < -0.3 is 4.90 Å². The standard InChI is InChI=1S/C16H16ClN3O4S/c17-12-3-5-13(6-4-12)25(23,24)14-7-9-19(10-14)16(22)11-20-15(21)2-1-8-18-20/h1-6,8,14H,7,9-11H2. The minimum absolute atomic E-state index is 0.103. The Morgan fingerprint density at radius 2 is 1.96 bits per heavy atom. The van der Waals surface area contributed by atoms with Gasteiger partial charge in [0.2, 0.25) is 5.91 Å². The minimum Gasteiger partial charge on any atom is -0.340 e. The summed E-state index contributed by atoms with van der Waals surface area (Å²) in [4.78, 5) is 25.6. The molecule has 25 heavy (non-hydrogen) atoms. The van der Waals surface area contributed by atoms with E-state index in [0.29, 0.717) is 18.0 Å². The fourth-order valence-corrected chi connectivity index (χ4v) is 4.58. The van der Waals surface area contributed by atoms with Crippen LogP contribution in [0.15, 0.2) is 52.3 Å². The summed E-state index contributed by atoms with van der Waals surface area (Å²) in [5.74, 6) is -0.324. The second-order valence-corrected chi connectivity index (χ2v) is 8.43. The molecule has 1 aromatic heterocycles. The van der Waals surface area contributed by atoms with Crippen molar-refractivity contribution in [2.75, 3.05) is 13.1 Å². The maximum absolute atomic E-state index is 12.7. The molecule has 1 aromatic carbocycles. The summed E-state index contributed by atoms with van der Waals surface area (Å²) in [6.45, 7) is 0.233. The molecule has 7 nitrogen and oxygen atoms in total. The number of likely N-dealkylation sites (tertiary alicyclic amines) is 1. The molecular formula is C16H16ClN3O4S. The number of carbonyl (C=O) groups excluding carboxylic acids is 1. The highest BCUT2D eigenvalue weighted by atomic mass is 35.5.